The number of nitrogens with two attached hydrogens (primary N) is 1. The van der Waals surface area contributed by atoms with Crippen molar-refractivity contribution in [3.8, 4) is 5.82 Å². The molecule has 0 aliphatic carbocycles. The lowest BCUT2D eigenvalue weighted by atomic mass is 10.3. The van der Waals surface area contributed by atoms with Gasteiger partial charge in [0.2, 0.25) is 0 Å². The minimum atomic E-state index is -4.51. The molecule has 3 rings (SSSR count). The zero-order valence-corrected chi connectivity index (χ0v) is 10.3. The maximum Gasteiger partial charge on any atom is 0.435 e. The summed E-state index contributed by atoms with van der Waals surface area (Å²) in [6.45, 7) is 1.75. The summed E-state index contributed by atoms with van der Waals surface area (Å²) in [5.41, 5.74) is 5.56. The number of anilines is 1. The molecule has 0 amide bonds. The SMILES string of the molecule is Cc1cn(-c2nccn3nc(C(F)(F)F)cc23)nc1N. The zero-order valence-electron chi connectivity index (χ0n) is 10.3. The van der Waals surface area contributed by atoms with Crippen LogP contribution in [-0.2, 0) is 6.18 Å². The Hall–Kier alpha value is -2.58. The van der Waals surface area contributed by atoms with Crippen molar-refractivity contribution in [2.45, 2.75) is 13.1 Å². The highest BCUT2D eigenvalue weighted by molar-refractivity contribution is 5.61. The van der Waals surface area contributed by atoms with E-state index in [-0.39, 0.29) is 11.3 Å². The minimum absolute atomic E-state index is 0.197. The number of hydrogen-bond acceptors (Lipinski definition) is 4. The van der Waals surface area contributed by atoms with Gasteiger partial charge in [0, 0.05) is 30.2 Å². The number of alkyl halides is 3. The second kappa shape index (κ2) is 3.95. The van der Waals surface area contributed by atoms with E-state index < -0.39 is 11.9 Å². The normalized spacial score (nSPS) is 12.2. The van der Waals surface area contributed by atoms with Gasteiger partial charge < -0.3 is 5.73 Å². The van der Waals surface area contributed by atoms with Crippen molar-refractivity contribution in [3.63, 3.8) is 0 Å². The number of aryl methyl sites for hydroxylation is 1. The first-order valence-corrected chi connectivity index (χ1v) is 5.60. The molecule has 0 bridgehead atoms. The molecular formula is C11H9F3N6. The van der Waals surface area contributed by atoms with E-state index in [4.69, 9.17) is 5.73 Å². The molecule has 0 spiro atoms. The first-order valence-electron chi connectivity index (χ1n) is 5.60. The molecule has 3 aromatic heterocycles. The third-order valence-corrected chi connectivity index (χ3v) is 2.81. The fourth-order valence-corrected chi connectivity index (χ4v) is 1.81. The third-order valence-electron chi connectivity index (χ3n) is 2.81. The summed E-state index contributed by atoms with van der Waals surface area (Å²) in [6.07, 6.45) is -0.225. The number of nitrogen functional groups attached to an aromatic ring is 1. The van der Waals surface area contributed by atoms with Gasteiger partial charge in [-0.15, -0.1) is 5.10 Å². The van der Waals surface area contributed by atoms with Gasteiger partial charge >= 0.3 is 6.18 Å². The molecule has 0 saturated carbocycles. The van der Waals surface area contributed by atoms with Gasteiger partial charge in [-0.3, -0.25) is 0 Å². The highest BCUT2D eigenvalue weighted by Crippen LogP contribution is 2.29. The van der Waals surface area contributed by atoms with Crippen LogP contribution in [0, 0.1) is 6.92 Å². The minimum Gasteiger partial charge on any atom is -0.382 e. The van der Waals surface area contributed by atoms with Crippen LogP contribution in [0.4, 0.5) is 19.0 Å². The lowest BCUT2D eigenvalue weighted by Crippen LogP contribution is -2.05. The second-order valence-corrected chi connectivity index (χ2v) is 4.25. The van der Waals surface area contributed by atoms with E-state index in [2.05, 4.69) is 15.2 Å². The molecule has 0 fully saturated rings. The van der Waals surface area contributed by atoms with Crippen LogP contribution in [0.15, 0.2) is 24.7 Å². The van der Waals surface area contributed by atoms with Gasteiger partial charge in [0.15, 0.2) is 11.5 Å². The Kier molecular flexibility index (Phi) is 2.46. The third kappa shape index (κ3) is 1.87. The van der Waals surface area contributed by atoms with E-state index in [1.54, 1.807) is 13.1 Å². The maximum atomic E-state index is 12.7. The predicted octanol–water partition coefficient (Wildman–Crippen LogP) is 1.82. The summed E-state index contributed by atoms with van der Waals surface area (Å²) in [7, 11) is 0. The van der Waals surface area contributed by atoms with E-state index >= 15 is 0 Å². The molecule has 0 aromatic carbocycles. The monoisotopic (exact) mass is 282 g/mol. The Labute approximate surface area is 110 Å². The van der Waals surface area contributed by atoms with Crippen molar-refractivity contribution >= 4 is 11.3 Å². The first-order chi connectivity index (χ1) is 9.36. The summed E-state index contributed by atoms with van der Waals surface area (Å²) in [6, 6.07) is 0.926. The van der Waals surface area contributed by atoms with Crippen LogP contribution in [0.25, 0.3) is 11.3 Å². The van der Waals surface area contributed by atoms with Gasteiger partial charge in [-0.25, -0.2) is 14.2 Å². The van der Waals surface area contributed by atoms with Crippen molar-refractivity contribution in [1.29, 1.82) is 0 Å². The Balaban J connectivity index is 2.23. The van der Waals surface area contributed by atoms with Crippen molar-refractivity contribution < 1.29 is 13.2 Å². The molecule has 104 valence electrons. The van der Waals surface area contributed by atoms with Gasteiger partial charge in [-0.1, -0.05) is 0 Å². The van der Waals surface area contributed by atoms with Crippen LogP contribution in [-0.4, -0.2) is 24.4 Å². The number of hydrogen-bond donors (Lipinski definition) is 1. The van der Waals surface area contributed by atoms with Gasteiger partial charge in [-0.05, 0) is 6.92 Å². The van der Waals surface area contributed by atoms with Crippen LogP contribution in [0.2, 0.25) is 0 Å². The Morgan fingerprint density at radius 3 is 2.60 bits per heavy atom. The van der Waals surface area contributed by atoms with Gasteiger partial charge in [-0.2, -0.15) is 18.3 Å². The Bertz CT molecular complexity index is 766. The van der Waals surface area contributed by atoms with E-state index in [1.165, 1.54) is 17.1 Å². The summed E-state index contributed by atoms with van der Waals surface area (Å²) < 4.78 is 40.5. The fraction of sp³-hybridized carbons (Fsp3) is 0.182. The number of nitrogens with zero attached hydrogens (tertiary/aromatic N) is 5. The quantitative estimate of drug-likeness (QED) is 0.739. The lowest BCUT2D eigenvalue weighted by Gasteiger charge is -2.01. The number of halogens is 3. The van der Waals surface area contributed by atoms with Crippen LogP contribution < -0.4 is 5.73 Å². The molecule has 0 unspecified atom stereocenters. The average Bonchev–Trinajstić information content (AvgIpc) is 2.93. The molecule has 6 nitrogen and oxygen atoms in total. The molecule has 3 aromatic rings. The summed E-state index contributed by atoms with van der Waals surface area (Å²) in [4.78, 5) is 4.04. The molecule has 0 radical (unpaired) electrons. The largest absolute Gasteiger partial charge is 0.435 e. The van der Waals surface area contributed by atoms with E-state index in [0.717, 1.165) is 10.6 Å². The van der Waals surface area contributed by atoms with E-state index in [0.29, 0.717) is 11.4 Å². The molecule has 3 heterocycles. The van der Waals surface area contributed by atoms with Crippen molar-refractivity contribution in [2.75, 3.05) is 5.73 Å². The first kappa shape index (κ1) is 12.5. The van der Waals surface area contributed by atoms with Crippen LogP contribution >= 0.6 is 0 Å². The van der Waals surface area contributed by atoms with Crippen LogP contribution in [0.1, 0.15) is 11.3 Å². The molecule has 0 aliphatic heterocycles. The lowest BCUT2D eigenvalue weighted by molar-refractivity contribution is -0.141. The summed E-state index contributed by atoms with van der Waals surface area (Å²) in [5, 5.41) is 7.49. The molecule has 0 aliphatic rings. The molecule has 0 saturated heterocycles. The number of rotatable bonds is 1. The Morgan fingerprint density at radius 2 is 2.00 bits per heavy atom. The van der Waals surface area contributed by atoms with Gasteiger partial charge in [0.1, 0.15) is 11.3 Å². The highest BCUT2D eigenvalue weighted by Gasteiger charge is 2.34. The molecule has 9 heteroatoms. The van der Waals surface area contributed by atoms with Crippen molar-refractivity contribution in [2.24, 2.45) is 0 Å². The highest BCUT2D eigenvalue weighted by atomic mass is 19.4. The smallest absolute Gasteiger partial charge is 0.382 e. The standard InChI is InChI=1S/C11H9F3N6/c1-6-5-20(18-9(6)15)10-7-4-8(11(12,13)14)17-19(7)3-2-16-10/h2-5H,1H3,(H2,15,18). The summed E-state index contributed by atoms with van der Waals surface area (Å²) in [5.74, 6) is 0.527. The number of fused-ring (bicyclic) bond motifs is 1. The van der Waals surface area contributed by atoms with Gasteiger partial charge in [0.25, 0.3) is 0 Å². The molecule has 2 N–H and O–H groups in total. The van der Waals surface area contributed by atoms with E-state index in [1.807, 2.05) is 0 Å². The predicted molar refractivity (Wildman–Crippen MR) is 64.3 cm³/mol. The van der Waals surface area contributed by atoms with Crippen molar-refractivity contribution in [3.05, 3.63) is 35.9 Å². The van der Waals surface area contributed by atoms with Gasteiger partial charge in [0.05, 0.1) is 0 Å². The van der Waals surface area contributed by atoms with Crippen molar-refractivity contribution in [1.82, 2.24) is 24.4 Å². The summed E-state index contributed by atoms with van der Waals surface area (Å²) >= 11 is 0. The maximum absolute atomic E-state index is 12.7. The topological polar surface area (TPSA) is 74.0 Å². The fourth-order valence-electron chi connectivity index (χ4n) is 1.81. The Morgan fingerprint density at radius 1 is 1.25 bits per heavy atom. The zero-order chi connectivity index (χ0) is 14.5. The second-order valence-electron chi connectivity index (χ2n) is 4.25. The molecule has 20 heavy (non-hydrogen) atoms. The average molecular weight is 282 g/mol. The number of aromatic nitrogens is 5. The molecular weight excluding hydrogens is 273 g/mol. The van der Waals surface area contributed by atoms with Crippen LogP contribution in [0.5, 0.6) is 0 Å². The van der Waals surface area contributed by atoms with Crippen LogP contribution in [0.3, 0.4) is 0 Å². The molecule has 0 atom stereocenters. The van der Waals surface area contributed by atoms with E-state index in [9.17, 15) is 13.2 Å².